The molecule has 1 fully saturated rings. The Morgan fingerprint density at radius 3 is 2.96 bits per heavy atom. The second-order valence-electron chi connectivity index (χ2n) is 6.33. The molecule has 1 atom stereocenters. The summed E-state index contributed by atoms with van der Waals surface area (Å²) in [5.41, 5.74) is 0.0404. The highest BCUT2D eigenvalue weighted by atomic mass is 19.1. The fourth-order valence-electron chi connectivity index (χ4n) is 3.55. The standard InChI is InChI=1S/C17H18F2N4O/c18-12-5-4-11(14(19)7-12)9-20-15-8-16-22-6-2-1-3-13(22)10-23(16)17(24)21-15/h4-5,7-8,13H,1-3,6,9-10H2,(H,20,21,24)/t13-/m0/s1. The van der Waals surface area contributed by atoms with Crippen LogP contribution < -0.4 is 15.9 Å². The summed E-state index contributed by atoms with van der Waals surface area (Å²) < 4.78 is 28.4. The van der Waals surface area contributed by atoms with Gasteiger partial charge in [0.15, 0.2) is 0 Å². The monoisotopic (exact) mass is 332 g/mol. The summed E-state index contributed by atoms with van der Waals surface area (Å²) in [5.74, 6) is 0.0701. The first-order valence-electron chi connectivity index (χ1n) is 8.18. The van der Waals surface area contributed by atoms with E-state index in [2.05, 4.69) is 15.2 Å². The first-order chi connectivity index (χ1) is 11.6. The molecule has 1 saturated heterocycles. The normalized spacial score (nSPS) is 19.1. The van der Waals surface area contributed by atoms with Crippen molar-refractivity contribution in [3.05, 3.63) is 51.9 Å². The van der Waals surface area contributed by atoms with Gasteiger partial charge >= 0.3 is 5.69 Å². The molecule has 3 heterocycles. The van der Waals surface area contributed by atoms with Gasteiger partial charge in [0.2, 0.25) is 0 Å². The van der Waals surface area contributed by atoms with E-state index in [9.17, 15) is 13.6 Å². The molecule has 0 bridgehead atoms. The number of fused-ring (bicyclic) bond motifs is 3. The molecule has 0 radical (unpaired) electrons. The molecule has 4 rings (SSSR count). The first kappa shape index (κ1) is 15.1. The molecule has 126 valence electrons. The summed E-state index contributed by atoms with van der Waals surface area (Å²) in [5, 5.41) is 2.97. The predicted octanol–water partition coefficient (Wildman–Crippen LogP) is 2.51. The van der Waals surface area contributed by atoms with Crippen LogP contribution >= 0.6 is 0 Å². The summed E-state index contributed by atoms with van der Waals surface area (Å²) >= 11 is 0. The van der Waals surface area contributed by atoms with Crippen molar-refractivity contribution in [2.24, 2.45) is 0 Å². The molecule has 0 amide bonds. The molecule has 0 spiro atoms. The van der Waals surface area contributed by atoms with Crippen molar-refractivity contribution in [1.82, 2.24) is 9.55 Å². The van der Waals surface area contributed by atoms with Crippen LogP contribution in [0.1, 0.15) is 24.8 Å². The van der Waals surface area contributed by atoms with Crippen LogP contribution in [0.3, 0.4) is 0 Å². The van der Waals surface area contributed by atoms with Gasteiger partial charge in [-0.1, -0.05) is 6.07 Å². The van der Waals surface area contributed by atoms with Gasteiger partial charge in [-0.25, -0.2) is 13.6 Å². The Morgan fingerprint density at radius 2 is 2.12 bits per heavy atom. The average molecular weight is 332 g/mol. The highest BCUT2D eigenvalue weighted by molar-refractivity contribution is 5.53. The Hall–Kier alpha value is -2.44. The SMILES string of the molecule is O=c1nc(NCc2ccc(F)cc2F)cc2n1C[C@@H]1CCCCN21. The third-order valence-corrected chi connectivity index (χ3v) is 4.78. The molecule has 2 aliphatic rings. The van der Waals surface area contributed by atoms with Gasteiger partial charge in [0.05, 0.1) is 0 Å². The van der Waals surface area contributed by atoms with Crippen molar-refractivity contribution in [1.29, 1.82) is 0 Å². The van der Waals surface area contributed by atoms with Gasteiger partial charge in [0, 0.05) is 43.4 Å². The van der Waals surface area contributed by atoms with Gasteiger partial charge < -0.3 is 10.2 Å². The topological polar surface area (TPSA) is 50.2 Å². The van der Waals surface area contributed by atoms with Crippen LogP contribution in [0, 0.1) is 11.6 Å². The van der Waals surface area contributed by atoms with E-state index in [0.717, 1.165) is 31.3 Å². The van der Waals surface area contributed by atoms with Crippen molar-refractivity contribution >= 4 is 11.6 Å². The number of piperidine rings is 1. The van der Waals surface area contributed by atoms with Crippen LogP contribution in [0.15, 0.2) is 29.1 Å². The first-order valence-corrected chi connectivity index (χ1v) is 8.18. The Morgan fingerprint density at radius 1 is 1.25 bits per heavy atom. The van der Waals surface area contributed by atoms with E-state index in [1.807, 2.05) is 6.07 Å². The zero-order valence-electron chi connectivity index (χ0n) is 13.1. The molecule has 24 heavy (non-hydrogen) atoms. The van der Waals surface area contributed by atoms with E-state index >= 15 is 0 Å². The van der Waals surface area contributed by atoms with Crippen LogP contribution in [0.25, 0.3) is 0 Å². The number of hydrogen-bond acceptors (Lipinski definition) is 4. The van der Waals surface area contributed by atoms with Crippen LogP contribution in [0.4, 0.5) is 20.4 Å². The number of nitrogens with one attached hydrogen (secondary N) is 1. The lowest BCUT2D eigenvalue weighted by Gasteiger charge is -2.30. The van der Waals surface area contributed by atoms with Crippen LogP contribution in [0.2, 0.25) is 0 Å². The molecule has 1 N–H and O–H groups in total. The maximum Gasteiger partial charge on any atom is 0.351 e. The Bertz CT molecular complexity index is 836. The van der Waals surface area contributed by atoms with Crippen molar-refractivity contribution in [2.45, 2.75) is 38.4 Å². The number of aromatic nitrogens is 2. The average Bonchev–Trinajstić information content (AvgIpc) is 2.94. The molecular weight excluding hydrogens is 314 g/mol. The van der Waals surface area contributed by atoms with E-state index in [4.69, 9.17) is 0 Å². The van der Waals surface area contributed by atoms with Gasteiger partial charge in [-0.15, -0.1) is 0 Å². The number of rotatable bonds is 3. The lowest BCUT2D eigenvalue weighted by atomic mass is 10.0. The second-order valence-corrected chi connectivity index (χ2v) is 6.33. The molecule has 7 heteroatoms. The molecule has 0 aliphatic carbocycles. The molecule has 2 aromatic rings. The van der Waals surface area contributed by atoms with Gasteiger partial charge in [0.1, 0.15) is 23.3 Å². The number of anilines is 2. The number of halogens is 2. The van der Waals surface area contributed by atoms with Gasteiger partial charge in [-0.05, 0) is 25.3 Å². The number of nitrogens with zero attached hydrogens (tertiary/aromatic N) is 3. The third kappa shape index (κ3) is 2.64. The van der Waals surface area contributed by atoms with Crippen molar-refractivity contribution in [3.63, 3.8) is 0 Å². The lowest BCUT2D eigenvalue weighted by Crippen LogP contribution is -2.36. The Balaban J connectivity index is 1.57. The van der Waals surface area contributed by atoms with E-state index in [1.54, 1.807) is 4.57 Å². The van der Waals surface area contributed by atoms with Gasteiger partial charge in [-0.2, -0.15) is 4.98 Å². The molecule has 1 aromatic heterocycles. The van der Waals surface area contributed by atoms with E-state index in [1.165, 1.54) is 18.6 Å². The molecular formula is C17H18F2N4O. The summed E-state index contributed by atoms with van der Waals surface area (Å²) in [6, 6.07) is 5.66. The van der Waals surface area contributed by atoms with E-state index < -0.39 is 11.6 Å². The minimum Gasteiger partial charge on any atom is -0.366 e. The van der Waals surface area contributed by atoms with Crippen LogP contribution in [-0.2, 0) is 13.1 Å². The van der Waals surface area contributed by atoms with Crippen LogP contribution in [0.5, 0.6) is 0 Å². The maximum absolute atomic E-state index is 13.7. The summed E-state index contributed by atoms with van der Waals surface area (Å²) in [7, 11) is 0. The Labute approximate surface area is 137 Å². The Kier molecular flexibility index (Phi) is 3.70. The van der Waals surface area contributed by atoms with E-state index in [-0.39, 0.29) is 12.2 Å². The predicted molar refractivity (Wildman–Crippen MR) is 87.2 cm³/mol. The summed E-state index contributed by atoms with van der Waals surface area (Å²) in [4.78, 5) is 18.6. The van der Waals surface area contributed by atoms with Crippen LogP contribution in [-0.4, -0.2) is 22.1 Å². The fraction of sp³-hybridized carbons (Fsp3) is 0.412. The number of hydrogen-bond donors (Lipinski definition) is 1. The number of benzene rings is 1. The summed E-state index contributed by atoms with van der Waals surface area (Å²) in [6.45, 7) is 1.78. The lowest BCUT2D eigenvalue weighted by molar-refractivity contribution is 0.458. The quantitative estimate of drug-likeness (QED) is 0.938. The fourth-order valence-corrected chi connectivity index (χ4v) is 3.55. The zero-order chi connectivity index (χ0) is 16.7. The van der Waals surface area contributed by atoms with Crippen molar-refractivity contribution < 1.29 is 8.78 Å². The molecule has 5 nitrogen and oxygen atoms in total. The largest absolute Gasteiger partial charge is 0.366 e. The third-order valence-electron chi connectivity index (χ3n) is 4.78. The molecule has 1 aromatic carbocycles. The molecule has 0 saturated carbocycles. The summed E-state index contributed by atoms with van der Waals surface area (Å²) in [6.07, 6.45) is 3.40. The van der Waals surface area contributed by atoms with E-state index in [0.29, 0.717) is 24.0 Å². The highest BCUT2D eigenvalue weighted by Crippen LogP contribution is 2.31. The molecule has 0 unspecified atom stereocenters. The van der Waals surface area contributed by atoms with Crippen molar-refractivity contribution in [2.75, 3.05) is 16.8 Å². The minimum atomic E-state index is -0.614. The molecule has 2 aliphatic heterocycles. The van der Waals surface area contributed by atoms with Gasteiger partial charge in [-0.3, -0.25) is 4.57 Å². The smallest absolute Gasteiger partial charge is 0.351 e. The minimum absolute atomic E-state index is 0.144. The zero-order valence-corrected chi connectivity index (χ0v) is 13.1. The highest BCUT2D eigenvalue weighted by Gasteiger charge is 2.32. The van der Waals surface area contributed by atoms with Crippen molar-refractivity contribution in [3.8, 4) is 0 Å². The maximum atomic E-state index is 13.7. The second kappa shape index (κ2) is 5.89. The van der Waals surface area contributed by atoms with Gasteiger partial charge in [0.25, 0.3) is 0 Å².